The first-order chi connectivity index (χ1) is 12.1. The Morgan fingerprint density at radius 3 is 2.80 bits per heavy atom. The second-order valence-corrected chi connectivity index (χ2v) is 6.76. The first-order valence-corrected chi connectivity index (χ1v) is 8.66. The molecule has 1 saturated heterocycles. The van der Waals surface area contributed by atoms with Crippen LogP contribution in [0.2, 0.25) is 0 Å². The van der Waals surface area contributed by atoms with Gasteiger partial charge in [-0.25, -0.2) is 0 Å². The van der Waals surface area contributed by atoms with Crippen molar-refractivity contribution in [2.45, 2.75) is 38.8 Å². The third kappa shape index (κ3) is 3.01. The lowest BCUT2D eigenvalue weighted by Crippen LogP contribution is -2.44. The second kappa shape index (κ2) is 6.31. The molecule has 0 aliphatic carbocycles. The summed E-state index contributed by atoms with van der Waals surface area (Å²) in [6.45, 7) is 3.06. The molecule has 3 heterocycles. The first kappa shape index (κ1) is 15.8. The molecular weight excluding hydrogens is 318 g/mol. The lowest BCUT2D eigenvalue weighted by molar-refractivity contribution is -0.127. The van der Waals surface area contributed by atoms with E-state index in [1.165, 1.54) is 0 Å². The van der Waals surface area contributed by atoms with Crippen LogP contribution in [0.4, 0.5) is 5.69 Å². The summed E-state index contributed by atoms with van der Waals surface area (Å²) in [5.41, 5.74) is 0.852. The smallest absolute Gasteiger partial charge is 0.227 e. The van der Waals surface area contributed by atoms with Crippen LogP contribution >= 0.6 is 0 Å². The molecule has 2 atom stereocenters. The molecule has 1 aromatic carbocycles. The summed E-state index contributed by atoms with van der Waals surface area (Å²) in [5.74, 6) is 1.53. The molecule has 0 unspecified atom stereocenters. The summed E-state index contributed by atoms with van der Waals surface area (Å²) < 4.78 is 2.06. The van der Waals surface area contributed by atoms with E-state index in [2.05, 4.69) is 20.1 Å². The molecule has 2 aliphatic rings. The van der Waals surface area contributed by atoms with E-state index in [0.29, 0.717) is 13.1 Å². The summed E-state index contributed by atoms with van der Waals surface area (Å²) in [5, 5.41) is 11.4. The Hall–Kier alpha value is -2.70. The Labute approximate surface area is 146 Å². The zero-order valence-electron chi connectivity index (χ0n) is 14.2. The average Bonchev–Trinajstić information content (AvgIpc) is 3.19. The molecule has 2 aromatic rings. The van der Waals surface area contributed by atoms with Crippen LogP contribution in [-0.2, 0) is 22.6 Å². The van der Waals surface area contributed by atoms with Crippen LogP contribution in [0.1, 0.15) is 24.5 Å². The van der Waals surface area contributed by atoms with Crippen molar-refractivity contribution in [1.82, 2.24) is 20.1 Å². The third-order valence-corrected chi connectivity index (χ3v) is 5.04. The van der Waals surface area contributed by atoms with Crippen molar-refractivity contribution < 1.29 is 9.59 Å². The highest BCUT2D eigenvalue weighted by atomic mass is 16.2. The van der Waals surface area contributed by atoms with Gasteiger partial charge in [-0.05, 0) is 25.5 Å². The number of amides is 2. The van der Waals surface area contributed by atoms with Gasteiger partial charge in [0.25, 0.3) is 0 Å². The molecule has 1 N–H and O–H groups in total. The van der Waals surface area contributed by atoms with Crippen LogP contribution in [0, 0.1) is 12.8 Å². The lowest BCUT2D eigenvalue weighted by atomic mass is 10.0. The number of benzene rings is 1. The van der Waals surface area contributed by atoms with Crippen LogP contribution in [0.5, 0.6) is 0 Å². The minimum absolute atomic E-state index is 0.00642. The highest BCUT2D eigenvalue weighted by Gasteiger charge is 2.36. The molecule has 2 aliphatic heterocycles. The van der Waals surface area contributed by atoms with E-state index in [1.807, 2.05) is 37.3 Å². The van der Waals surface area contributed by atoms with Crippen molar-refractivity contribution >= 4 is 17.5 Å². The van der Waals surface area contributed by atoms with Gasteiger partial charge in [-0.1, -0.05) is 18.2 Å². The van der Waals surface area contributed by atoms with E-state index in [-0.39, 0.29) is 30.2 Å². The van der Waals surface area contributed by atoms with Gasteiger partial charge >= 0.3 is 0 Å². The average molecular weight is 339 g/mol. The van der Waals surface area contributed by atoms with Gasteiger partial charge in [0.15, 0.2) is 0 Å². The molecular formula is C18H21N5O2. The van der Waals surface area contributed by atoms with Gasteiger partial charge in [-0.3, -0.25) is 9.59 Å². The van der Waals surface area contributed by atoms with E-state index in [0.717, 1.165) is 30.2 Å². The number of carbonyl (C=O) groups excluding carboxylic acids is 2. The standard InChI is InChI=1S/C18H21N5O2/c1-12-20-21-16-8-7-14(11-22(12)16)19-18(25)13-9-17(24)23(10-13)15-5-3-2-4-6-15/h2-6,13-14H,7-11H2,1H3,(H,19,25)/t13-,14-/m1/s1. The molecule has 2 amide bonds. The first-order valence-electron chi connectivity index (χ1n) is 8.66. The summed E-state index contributed by atoms with van der Waals surface area (Å²) >= 11 is 0. The molecule has 130 valence electrons. The van der Waals surface area contributed by atoms with Crippen molar-refractivity contribution in [3.8, 4) is 0 Å². The zero-order valence-corrected chi connectivity index (χ0v) is 14.2. The molecule has 7 heteroatoms. The fourth-order valence-corrected chi connectivity index (χ4v) is 3.64. The Kier molecular flexibility index (Phi) is 3.99. The van der Waals surface area contributed by atoms with Crippen LogP contribution in [-0.4, -0.2) is 39.2 Å². The molecule has 1 fully saturated rings. The molecule has 7 nitrogen and oxygen atoms in total. The largest absolute Gasteiger partial charge is 0.351 e. The van der Waals surface area contributed by atoms with E-state index in [1.54, 1.807) is 4.90 Å². The molecule has 0 bridgehead atoms. The fourth-order valence-electron chi connectivity index (χ4n) is 3.64. The third-order valence-electron chi connectivity index (χ3n) is 5.04. The fraction of sp³-hybridized carbons (Fsp3) is 0.444. The molecule has 25 heavy (non-hydrogen) atoms. The predicted molar refractivity (Wildman–Crippen MR) is 91.9 cm³/mol. The lowest BCUT2D eigenvalue weighted by Gasteiger charge is -2.26. The Morgan fingerprint density at radius 2 is 2.00 bits per heavy atom. The maximum atomic E-state index is 12.6. The molecule has 0 saturated carbocycles. The van der Waals surface area contributed by atoms with E-state index < -0.39 is 0 Å². The minimum Gasteiger partial charge on any atom is -0.351 e. The van der Waals surface area contributed by atoms with Gasteiger partial charge in [0.05, 0.1) is 5.92 Å². The number of fused-ring (bicyclic) bond motifs is 1. The van der Waals surface area contributed by atoms with Crippen molar-refractivity contribution in [3.63, 3.8) is 0 Å². The van der Waals surface area contributed by atoms with Gasteiger partial charge in [-0.15, -0.1) is 10.2 Å². The highest BCUT2D eigenvalue weighted by molar-refractivity contribution is 6.00. The van der Waals surface area contributed by atoms with Gasteiger partial charge < -0.3 is 14.8 Å². The monoisotopic (exact) mass is 339 g/mol. The van der Waals surface area contributed by atoms with Gasteiger partial charge in [-0.2, -0.15) is 0 Å². The number of anilines is 1. The topological polar surface area (TPSA) is 80.1 Å². The number of rotatable bonds is 3. The number of aryl methyl sites for hydroxylation is 2. The Morgan fingerprint density at radius 1 is 1.20 bits per heavy atom. The van der Waals surface area contributed by atoms with Gasteiger partial charge in [0, 0.05) is 37.7 Å². The van der Waals surface area contributed by atoms with Gasteiger partial charge in [0.2, 0.25) is 11.8 Å². The molecule has 1 aromatic heterocycles. The van der Waals surface area contributed by atoms with Crippen LogP contribution in [0.3, 0.4) is 0 Å². The van der Waals surface area contributed by atoms with E-state index in [4.69, 9.17) is 0 Å². The predicted octanol–water partition coefficient (Wildman–Crippen LogP) is 1.07. The summed E-state index contributed by atoms with van der Waals surface area (Å²) in [4.78, 5) is 26.6. The maximum absolute atomic E-state index is 12.6. The summed E-state index contributed by atoms with van der Waals surface area (Å²) in [6.07, 6.45) is 1.93. The van der Waals surface area contributed by atoms with Crippen LogP contribution in [0.15, 0.2) is 30.3 Å². The number of para-hydroxylation sites is 1. The number of nitrogens with zero attached hydrogens (tertiary/aromatic N) is 4. The molecule has 0 radical (unpaired) electrons. The van der Waals surface area contributed by atoms with Crippen LogP contribution < -0.4 is 10.2 Å². The van der Waals surface area contributed by atoms with Crippen LogP contribution in [0.25, 0.3) is 0 Å². The normalized spacial score (nSPS) is 22.8. The zero-order chi connectivity index (χ0) is 17.4. The van der Waals surface area contributed by atoms with E-state index in [9.17, 15) is 9.59 Å². The highest BCUT2D eigenvalue weighted by Crippen LogP contribution is 2.25. The Bertz CT molecular complexity index is 801. The van der Waals surface area contributed by atoms with Gasteiger partial charge in [0.1, 0.15) is 11.6 Å². The SMILES string of the molecule is Cc1nnc2n1C[C@H](NC(=O)[C@@H]1CC(=O)N(c3ccccc3)C1)CC2. The number of carbonyl (C=O) groups is 2. The quantitative estimate of drug-likeness (QED) is 0.907. The second-order valence-electron chi connectivity index (χ2n) is 6.76. The Balaban J connectivity index is 1.39. The molecule has 0 spiro atoms. The summed E-state index contributed by atoms with van der Waals surface area (Å²) in [6, 6.07) is 9.58. The van der Waals surface area contributed by atoms with Crippen molar-refractivity contribution in [1.29, 1.82) is 0 Å². The molecule has 4 rings (SSSR count). The van der Waals surface area contributed by atoms with Crippen molar-refractivity contribution in [2.24, 2.45) is 5.92 Å². The number of aromatic nitrogens is 3. The minimum atomic E-state index is -0.295. The van der Waals surface area contributed by atoms with E-state index >= 15 is 0 Å². The van der Waals surface area contributed by atoms with Crippen molar-refractivity contribution in [2.75, 3.05) is 11.4 Å². The number of hydrogen-bond donors (Lipinski definition) is 1. The number of hydrogen-bond acceptors (Lipinski definition) is 4. The maximum Gasteiger partial charge on any atom is 0.227 e. The van der Waals surface area contributed by atoms with Crippen molar-refractivity contribution in [3.05, 3.63) is 42.0 Å². The summed E-state index contributed by atoms with van der Waals surface area (Å²) in [7, 11) is 0. The number of nitrogens with one attached hydrogen (secondary N) is 1.